The first-order chi connectivity index (χ1) is 9.43. The number of nitrogens with two attached hydrogens (primary N) is 1. The highest BCUT2D eigenvalue weighted by molar-refractivity contribution is 5.88. The highest BCUT2D eigenvalue weighted by atomic mass is 16.4. The maximum absolute atomic E-state index is 8.87. The Kier molecular flexibility index (Phi) is 4.29. The fourth-order valence-corrected chi connectivity index (χ4v) is 2.53. The van der Waals surface area contributed by atoms with Gasteiger partial charge in [-0.1, -0.05) is 5.16 Å². The predicted molar refractivity (Wildman–Crippen MR) is 77.5 cm³/mol. The lowest BCUT2D eigenvalue weighted by Crippen LogP contribution is -2.59. The number of hydrogen-bond acceptors (Lipinski definition) is 5. The van der Waals surface area contributed by atoms with E-state index in [9.17, 15) is 0 Å². The third-order valence-electron chi connectivity index (χ3n) is 4.05. The molecule has 0 aromatic carbocycles. The van der Waals surface area contributed by atoms with Crippen molar-refractivity contribution in [2.75, 3.05) is 26.2 Å². The van der Waals surface area contributed by atoms with Gasteiger partial charge in [0.1, 0.15) is 0 Å². The summed E-state index contributed by atoms with van der Waals surface area (Å²) < 4.78 is 1.83. The molecule has 2 heterocycles. The van der Waals surface area contributed by atoms with Gasteiger partial charge in [-0.2, -0.15) is 5.10 Å². The lowest BCUT2D eigenvalue weighted by Gasteiger charge is -2.43. The van der Waals surface area contributed by atoms with Crippen LogP contribution in [0.1, 0.15) is 19.5 Å². The fraction of sp³-hybridized carbons (Fsp3) is 0.692. The Morgan fingerprint density at radius 1 is 1.40 bits per heavy atom. The van der Waals surface area contributed by atoms with Crippen LogP contribution in [0.5, 0.6) is 0 Å². The average molecular weight is 280 g/mol. The zero-order valence-corrected chi connectivity index (χ0v) is 12.5. The van der Waals surface area contributed by atoms with E-state index in [4.69, 9.17) is 10.9 Å². The molecule has 0 bridgehead atoms. The van der Waals surface area contributed by atoms with Gasteiger partial charge in [0, 0.05) is 46.0 Å². The molecule has 1 saturated heterocycles. The van der Waals surface area contributed by atoms with Gasteiger partial charge < -0.3 is 10.9 Å². The topological polar surface area (TPSA) is 82.9 Å². The van der Waals surface area contributed by atoms with Crippen molar-refractivity contribution in [3.63, 3.8) is 0 Å². The first-order valence-electron chi connectivity index (χ1n) is 6.87. The van der Waals surface area contributed by atoms with Gasteiger partial charge in [-0.25, -0.2) is 0 Å². The zero-order valence-electron chi connectivity index (χ0n) is 12.5. The smallest absolute Gasteiger partial charge is 0.159 e. The summed E-state index contributed by atoms with van der Waals surface area (Å²) in [5.74, 6) is 0.260. The lowest BCUT2D eigenvalue weighted by atomic mass is 10.0. The summed E-state index contributed by atoms with van der Waals surface area (Å²) >= 11 is 0. The van der Waals surface area contributed by atoms with Crippen molar-refractivity contribution >= 4 is 5.84 Å². The van der Waals surface area contributed by atoms with E-state index in [1.807, 2.05) is 37.8 Å². The quantitative estimate of drug-likeness (QED) is 0.353. The summed E-state index contributed by atoms with van der Waals surface area (Å²) in [6.45, 7) is 8.55. The van der Waals surface area contributed by atoms with E-state index >= 15 is 0 Å². The molecule has 0 spiro atoms. The largest absolute Gasteiger partial charge is 0.409 e. The van der Waals surface area contributed by atoms with Crippen LogP contribution in [0.15, 0.2) is 17.4 Å². The summed E-state index contributed by atoms with van der Waals surface area (Å²) in [6, 6.07) is 2.05. The van der Waals surface area contributed by atoms with Crippen LogP contribution in [-0.2, 0) is 13.6 Å². The van der Waals surface area contributed by atoms with Gasteiger partial charge in [0.2, 0.25) is 0 Å². The van der Waals surface area contributed by atoms with Crippen molar-refractivity contribution in [2.24, 2.45) is 17.9 Å². The number of aryl methyl sites for hydroxylation is 1. The Labute approximate surface area is 119 Å². The van der Waals surface area contributed by atoms with Gasteiger partial charge in [-0.05, 0) is 19.9 Å². The van der Waals surface area contributed by atoms with Crippen LogP contribution in [0.4, 0.5) is 0 Å². The van der Waals surface area contributed by atoms with E-state index < -0.39 is 5.54 Å². The molecule has 1 fully saturated rings. The molecule has 1 aromatic rings. The molecule has 1 aliphatic rings. The maximum Gasteiger partial charge on any atom is 0.159 e. The minimum atomic E-state index is -0.411. The van der Waals surface area contributed by atoms with E-state index in [0.717, 1.165) is 38.4 Å². The number of hydrogen-bond donors (Lipinski definition) is 2. The molecule has 7 heteroatoms. The molecule has 20 heavy (non-hydrogen) atoms. The first kappa shape index (κ1) is 14.8. The summed E-state index contributed by atoms with van der Waals surface area (Å²) in [7, 11) is 1.93. The van der Waals surface area contributed by atoms with Gasteiger partial charge in [0.05, 0.1) is 11.2 Å². The molecule has 7 nitrogen and oxygen atoms in total. The monoisotopic (exact) mass is 280 g/mol. The van der Waals surface area contributed by atoms with Crippen LogP contribution >= 0.6 is 0 Å². The predicted octanol–water partition coefficient (Wildman–Crippen LogP) is 0.0627. The van der Waals surface area contributed by atoms with Gasteiger partial charge in [-0.3, -0.25) is 14.5 Å². The van der Waals surface area contributed by atoms with Crippen LogP contribution in [0.25, 0.3) is 0 Å². The minimum absolute atomic E-state index is 0.260. The lowest BCUT2D eigenvalue weighted by molar-refractivity contribution is 0.0786. The van der Waals surface area contributed by atoms with Gasteiger partial charge in [-0.15, -0.1) is 0 Å². The van der Waals surface area contributed by atoms with E-state index in [-0.39, 0.29) is 5.84 Å². The zero-order chi connectivity index (χ0) is 14.8. The third kappa shape index (κ3) is 3.10. The second kappa shape index (κ2) is 5.80. The Balaban J connectivity index is 1.89. The van der Waals surface area contributed by atoms with E-state index in [0.29, 0.717) is 0 Å². The van der Waals surface area contributed by atoms with Crippen molar-refractivity contribution in [3.05, 3.63) is 18.0 Å². The summed E-state index contributed by atoms with van der Waals surface area (Å²) in [4.78, 5) is 4.62. The molecular weight excluding hydrogens is 256 g/mol. The fourth-order valence-electron chi connectivity index (χ4n) is 2.53. The van der Waals surface area contributed by atoms with Crippen LogP contribution < -0.4 is 5.73 Å². The van der Waals surface area contributed by atoms with E-state index in [1.54, 1.807) is 0 Å². The van der Waals surface area contributed by atoms with Gasteiger partial charge in [0.25, 0.3) is 0 Å². The van der Waals surface area contributed by atoms with Gasteiger partial charge >= 0.3 is 0 Å². The summed E-state index contributed by atoms with van der Waals surface area (Å²) in [6.07, 6.45) is 1.97. The van der Waals surface area contributed by atoms with Crippen molar-refractivity contribution in [3.8, 4) is 0 Å². The van der Waals surface area contributed by atoms with Crippen LogP contribution in [-0.4, -0.2) is 62.3 Å². The molecule has 3 N–H and O–H groups in total. The highest BCUT2D eigenvalue weighted by Gasteiger charge is 2.33. The van der Waals surface area contributed by atoms with E-state index in [1.165, 1.54) is 0 Å². The SMILES string of the molecule is Cn1ccc(CN2CCN(C(C)(C)/C(N)=N/O)CC2)n1. The molecule has 0 atom stereocenters. The molecule has 1 aromatic heterocycles. The first-order valence-corrected chi connectivity index (χ1v) is 6.87. The molecule has 1 aliphatic heterocycles. The molecule has 112 valence electrons. The molecule has 2 rings (SSSR count). The molecule has 0 amide bonds. The van der Waals surface area contributed by atoms with Gasteiger partial charge in [0.15, 0.2) is 5.84 Å². The Morgan fingerprint density at radius 2 is 2.05 bits per heavy atom. The number of oxime groups is 1. The standard InChI is InChI=1S/C13H24N6O/c1-13(2,12(14)16-20)19-8-6-18(7-9-19)10-11-4-5-17(3)15-11/h4-5,20H,6-10H2,1-3H3,(H2,14,16). The average Bonchev–Trinajstić information content (AvgIpc) is 2.83. The second-order valence-corrected chi connectivity index (χ2v) is 5.79. The minimum Gasteiger partial charge on any atom is -0.409 e. The number of nitrogens with zero attached hydrogens (tertiary/aromatic N) is 5. The van der Waals surface area contributed by atoms with E-state index in [2.05, 4.69) is 20.1 Å². The number of rotatable bonds is 4. The highest BCUT2D eigenvalue weighted by Crippen LogP contribution is 2.18. The molecule has 0 unspecified atom stereocenters. The molecule has 0 radical (unpaired) electrons. The van der Waals surface area contributed by atoms with Crippen molar-refractivity contribution in [1.29, 1.82) is 0 Å². The summed E-state index contributed by atoms with van der Waals surface area (Å²) in [5.41, 5.74) is 6.46. The Bertz CT molecular complexity index is 473. The number of piperazine rings is 1. The molecule has 0 aliphatic carbocycles. The second-order valence-electron chi connectivity index (χ2n) is 5.79. The molecule has 0 saturated carbocycles. The number of amidine groups is 1. The Morgan fingerprint density at radius 3 is 2.55 bits per heavy atom. The van der Waals surface area contributed by atoms with Crippen LogP contribution in [0, 0.1) is 0 Å². The van der Waals surface area contributed by atoms with Crippen molar-refractivity contribution in [2.45, 2.75) is 25.9 Å². The normalized spacial score (nSPS) is 19.4. The number of aromatic nitrogens is 2. The van der Waals surface area contributed by atoms with Crippen molar-refractivity contribution < 1.29 is 5.21 Å². The van der Waals surface area contributed by atoms with Crippen LogP contribution in [0.3, 0.4) is 0 Å². The molecular formula is C13H24N6O. The third-order valence-corrected chi connectivity index (χ3v) is 4.05. The maximum atomic E-state index is 8.87. The Hall–Kier alpha value is -1.60. The summed E-state index contributed by atoms with van der Waals surface area (Å²) in [5, 5.41) is 16.4. The van der Waals surface area contributed by atoms with Crippen LogP contribution in [0.2, 0.25) is 0 Å². The van der Waals surface area contributed by atoms with Crippen molar-refractivity contribution in [1.82, 2.24) is 19.6 Å².